The first kappa shape index (κ1) is 17.9. The Morgan fingerprint density at radius 1 is 1.24 bits per heavy atom. The van der Waals surface area contributed by atoms with Crippen molar-refractivity contribution in [1.82, 2.24) is 14.3 Å². The predicted molar refractivity (Wildman–Crippen MR) is 92.4 cm³/mol. The molecule has 9 heteroatoms. The number of hydrogen-bond acceptors (Lipinski definition) is 6. The summed E-state index contributed by atoms with van der Waals surface area (Å²) in [6.45, 7) is 0.753. The average Bonchev–Trinajstić information content (AvgIpc) is 2.62. The molecule has 0 amide bonds. The molecule has 0 aliphatic carbocycles. The van der Waals surface area contributed by atoms with E-state index in [1.165, 1.54) is 17.5 Å². The van der Waals surface area contributed by atoms with Crippen LogP contribution in [0.2, 0.25) is 5.02 Å². The highest BCUT2D eigenvalue weighted by Gasteiger charge is 2.30. The summed E-state index contributed by atoms with van der Waals surface area (Å²) in [5.41, 5.74) is 0. The van der Waals surface area contributed by atoms with Gasteiger partial charge < -0.3 is 9.47 Å². The number of halogens is 1. The molecule has 25 heavy (non-hydrogen) atoms. The molecular formula is C16H18ClN3O4S. The molecule has 0 N–H and O–H groups in total. The van der Waals surface area contributed by atoms with Crippen LogP contribution in [0.1, 0.15) is 12.8 Å². The summed E-state index contributed by atoms with van der Waals surface area (Å²) in [6.07, 6.45) is 2.60. The third kappa shape index (κ3) is 4.20. The van der Waals surface area contributed by atoms with Crippen LogP contribution in [0.5, 0.6) is 11.9 Å². The highest BCUT2D eigenvalue weighted by atomic mass is 35.5. The maximum atomic E-state index is 12.7. The van der Waals surface area contributed by atoms with Crippen molar-refractivity contribution in [2.45, 2.75) is 23.8 Å². The van der Waals surface area contributed by atoms with Crippen molar-refractivity contribution in [2.24, 2.45) is 0 Å². The normalized spacial score (nSPS) is 16.6. The van der Waals surface area contributed by atoms with Gasteiger partial charge >= 0.3 is 6.01 Å². The van der Waals surface area contributed by atoms with E-state index in [0.717, 1.165) is 0 Å². The van der Waals surface area contributed by atoms with E-state index in [1.807, 2.05) is 0 Å². The van der Waals surface area contributed by atoms with Crippen LogP contribution in [-0.2, 0) is 10.0 Å². The molecule has 3 rings (SSSR count). The van der Waals surface area contributed by atoms with E-state index in [0.29, 0.717) is 36.8 Å². The zero-order chi connectivity index (χ0) is 17.9. The lowest BCUT2D eigenvalue weighted by Gasteiger charge is -2.31. The molecule has 1 fully saturated rings. The highest BCUT2D eigenvalue weighted by molar-refractivity contribution is 7.89. The zero-order valence-corrected chi connectivity index (χ0v) is 15.2. The monoisotopic (exact) mass is 383 g/mol. The first-order chi connectivity index (χ1) is 12.0. The van der Waals surface area contributed by atoms with Gasteiger partial charge in [-0.25, -0.2) is 13.4 Å². The molecule has 1 aliphatic heterocycles. The maximum Gasteiger partial charge on any atom is 0.319 e. The quantitative estimate of drug-likeness (QED) is 0.788. The Hall–Kier alpha value is -1.90. The fourth-order valence-corrected chi connectivity index (χ4v) is 4.40. The van der Waals surface area contributed by atoms with Gasteiger partial charge in [-0.2, -0.15) is 9.29 Å². The molecule has 1 aliphatic rings. The van der Waals surface area contributed by atoms with Gasteiger partial charge in [0.1, 0.15) is 6.10 Å². The van der Waals surface area contributed by atoms with Gasteiger partial charge in [0.15, 0.2) is 0 Å². The lowest BCUT2D eigenvalue weighted by molar-refractivity contribution is 0.128. The van der Waals surface area contributed by atoms with Crippen LogP contribution in [0, 0.1) is 0 Å². The number of benzene rings is 1. The van der Waals surface area contributed by atoms with Crippen LogP contribution in [0.25, 0.3) is 0 Å². The number of sulfonamides is 1. The first-order valence-electron chi connectivity index (χ1n) is 7.78. The van der Waals surface area contributed by atoms with E-state index in [2.05, 4.69) is 9.97 Å². The van der Waals surface area contributed by atoms with Gasteiger partial charge in [-0.1, -0.05) is 17.7 Å². The fourth-order valence-electron chi connectivity index (χ4n) is 2.63. The topological polar surface area (TPSA) is 81.6 Å². The number of rotatable bonds is 5. The van der Waals surface area contributed by atoms with Crippen molar-refractivity contribution >= 4 is 21.6 Å². The Kier molecular flexibility index (Phi) is 5.41. The lowest BCUT2D eigenvalue weighted by atomic mass is 10.1. The van der Waals surface area contributed by atoms with Crippen molar-refractivity contribution in [3.05, 3.63) is 41.6 Å². The van der Waals surface area contributed by atoms with Gasteiger partial charge in [0, 0.05) is 30.4 Å². The zero-order valence-electron chi connectivity index (χ0n) is 13.6. The summed E-state index contributed by atoms with van der Waals surface area (Å²) < 4.78 is 37.6. The lowest BCUT2D eigenvalue weighted by Crippen LogP contribution is -2.41. The summed E-state index contributed by atoms with van der Waals surface area (Å²) in [5, 5.41) is 0.400. The first-order valence-corrected chi connectivity index (χ1v) is 9.60. The van der Waals surface area contributed by atoms with Gasteiger partial charge in [0.2, 0.25) is 15.9 Å². The van der Waals surface area contributed by atoms with Crippen LogP contribution in [0.15, 0.2) is 41.4 Å². The number of hydrogen-bond donors (Lipinski definition) is 0. The fraction of sp³-hybridized carbons (Fsp3) is 0.375. The van der Waals surface area contributed by atoms with Gasteiger partial charge in [-0.3, -0.25) is 0 Å². The van der Waals surface area contributed by atoms with E-state index in [9.17, 15) is 8.42 Å². The standard InChI is InChI=1S/C16H18ClN3O4S/c1-23-16-18-8-5-15(19-16)24-13-6-9-20(10-7-13)25(21,22)14-4-2-3-12(17)11-14/h2-5,8,11,13H,6-7,9-10H2,1H3. The van der Waals surface area contributed by atoms with Crippen molar-refractivity contribution in [2.75, 3.05) is 20.2 Å². The van der Waals surface area contributed by atoms with E-state index >= 15 is 0 Å². The molecule has 1 aromatic heterocycles. The molecule has 2 aromatic rings. The molecule has 134 valence electrons. The molecule has 7 nitrogen and oxygen atoms in total. The molecule has 0 atom stereocenters. The van der Waals surface area contributed by atoms with Crippen LogP contribution in [0.3, 0.4) is 0 Å². The molecule has 0 unspecified atom stereocenters. The summed E-state index contributed by atoms with van der Waals surface area (Å²) in [7, 11) is -2.06. The summed E-state index contributed by atoms with van der Waals surface area (Å²) in [4.78, 5) is 8.24. The van der Waals surface area contributed by atoms with Gasteiger partial charge in [0.05, 0.1) is 12.0 Å². The van der Waals surface area contributed by atoms with E-state index in [1.54, 1.807) is 30.5 Å². The third-order valence-electron chi connectivity index (χ3n) is 3.91. The minimum Gasteiger partial charge on any atom is -0.474 e. The van der Waals surface area contributed by atoms with Crippen LogP contribution in [-0.4, -0.2) is 49.0 Å². The molecule has 0 spiro atoms. The number of aromatic nitrogens is 2. The van der Waals surface area contributed by atoms with E-state index < -0.39 is 10.0 Å². The van der Waals surface area contributed by atoms with Gasteiger partial charge in [-0.15, -0.1) is 0 Å². The number of methoxy groups -OCH3 is 1. The second-order valence-electron chi connectivity index (χ2n) is 5.56. The Morgan fingerprint density at radius 2 is 2.00 bits per heavy atom. The largest absolute Gasteiger partial charge is 0.474 e. The SMILES string of the molecule is COc1nccc(OC2CCN(S(=O)(=O)c3cccc(Cl)c3)CC2)n1. The molecule has 0 radical (unpaired) electrons. The maximum absolute atomic E-state index is 12.7. The Balaban J connectivity index is 1.63. The molecule has 0 saturated carbocycles. The predicted octanol–water partition coefficient (Wildman–Crippen LogP) is 2.37. The van der Waals surface area contributed by atoms with Crippen LogP contribution in [0.4, 0.5) is 0 Å². The Bertz CT molecular complexity index is 839. The van der Waals surface area contributed by atoms with E-state index in [-0.39, 0.29) is 17.0 Å². The van der Waals surface area contributed by atoms with Crippen molar-refractivity contribution in [3.8, 4) is 11.9 Å². The Labute approximate surface area is 151 Å². The van der Waals surface area contributed by atoms with E-state index in [4.69, 9.17) is 21.1 Å². The minimum atomic E-state index is -3.54. The summed E-state index contributed by atoms with van der Waals surface area (Å²) in [6, 6.07) is 8.18. The van der Waals surface area contributed by atoms with Crippen LogP contribution >= 0.6 is 11.6 Å². The second-order valence-corrected chi connectivity index (χ2v) is 7.93. The smallest absolute Gasteiger partial charge is 0.319 e. The summed E-state index contributed by atoms with van der Waals surface area (Å²) in [5.74, 6) is 0.419. The number of ether oxygens (including phenoxy) is 2. The molecule has 1 aromatic carbocycles. The summed E-state index contributed by atoms with van der Waals surface area (Å²) >= 11 is 5.90. The van der Waals surface area contributed by atoms with Gasteiger partial charge in [-0.05, 0) is 31.0 Å². The highest BCUT2D eigenvalue weighted by Crippen LogP contribution is 2.24. The molecule has 1 saturated heterocycles. The van der Waals surface area contributed by atoms with Crippen molar-refractivity contribution in [3.63, 3.8) is 0 Å². The minimum absolute atomic E-state index is 0.106. The third-order valence-corrected chi connectivity index (χ3v) is 6.04. The average molecular weight is 384 g/mol. The second kappa shape index (κ2) is 7.55. The Morgan fingerprint density at radius 3 is 2.68 bits per heavy atom. The van der Waals surface area contributed by atoms with Gasteiger partial charge in [0.25, 0.3) is 0 Å². The van der Waals surface area contributed by atoms with Crippen molar-refractivity contribution < 1.29 is 17.9 Å². The number of piperidine rings is 1. The number of nitrogens with zero attached hydrogens (tertiary/aromatic N) is 3. The molecule has 0 bridgehead atoms. The molecule has 2 heterocycles. The molecular weight excluding hydrogens is 366 g/mol. The van der Waals surface area contributed by atoms with Crippen LogP contribution < -0.4 is 9.47 Å². The van der Waals surface area contributed by atoms with Crippen molar-refractivity contribution in [1.29, 1.82) is 0 Å².